The minimum Gasteiger partial charge on any atom is -0.306 e. The van der Waals surface area contributed by atoms with Crippen LogP contribution in [0.5, 0.6) is 0 Å². The number of aryl methyl sites for hydroxylation is 1. The highest BCUT2D eigenvalue weighted by molar-refractivity contribution is 5.82. The maximum atomic E-state index is 3.98. The molecule has 0 unspecified atom stereocenters. The van der Waals surface area contributed by atoms with Crippen molar-refractivity contribution >= 4 is 6.21 Å². The number of fused-ring (bicyclic) bond motifs is 1. The van der Waals surface area contributed by atoms with Crippen molar-refractivity contribution in [3.63, 3.8) is 0 Å². The van der Waals surface area contributed by atoms with Crippen molar-refractivity contribution in [3.05, 3.63) is 34.9 Å². The normalized spacial score (nSPS) is 13.9. The van der Waals surface area contributed by atoms with E-state index in [4.69, 9.17) is 0 Å². The van der Waals surface area contributed by atoms with Gasteiger partial charge in [0.05, 0.1) is 12.8 Å². The summed E-state index contributed by atoms with van der Waals surface area (Å²) in [5, 5.41) is 3.98. The summed E-state index contributed by atoms with van der Waals surface area (Å²) in [6.45, 7) is 2.95. The quantitative estimate of drug-likeness (QED) is 0.588. The standard InChI is InChI=1S/C9H10N2/c1-7-2-3-8-5-10-11-6-9(8)4-7/h2-4,6,10H,5H2,1H3. The number of hydrazone groups is 1. The highest BCUT2D eigenvalue weighted by Crippen LogP contribution is 2.11. The van der Waals surface area contributed by atoms with Crippen LogP contribution in [0.1, 0.15) is 16.7 Å². The molecular weight excluding hydrogens is 136 g/mol. The van der Waals surface area contributed by atoms with Crippen LogP contribution in [0.15, 0.2) is 23.3 Å². The zero-order chi connectivity index (χ0) is 7.68. The molecule has 0 spiro atoms. The molecule has 0 amide bonds. The molecule has 2 nitrogen and oxygen atoms in total. The Morgan fingerprint density at radius 3 is 3.27 bits per heavy atom. The second kappa shape index (κ2) is 2.38. The van der Waals surface area contributed by atoms with Crippen molar-refractivity contribution in [1.82, 2.24) is 5.43 Å². The largest absolute Gasteiger partial charge is 0.306 e. The number of nitrogens with zero attached hydrogens (tertiary/aromatic N) is 1. The predicted octanol–water partition coefficient (Wildman–Crippen LogP) is 1.43. The molecule has 11 heavy (non-hydrogen) atoms. The van der Waals surface area contributed by atoms with Crippen molar-refractivity contribution in [2.75, 3.05) is 0 Å². The predicted molar refractivity (Wildman–Crippen MR) is 45.6 cm³/mol. The average Bonchev–Trinajstić information content (AvgIpc) is 2.04. The first-order valence-corrected chi connectivity index (χ1v) is 3.72. The molecular formula is C9H10N2. The summed E-state index contributed by atoms with van der Waals surface area (Å²) >= 11 is 0. The highest BCUT2D eigenvalue weighted by atomic mass is 15.3. The van der Waals surface area contributed by atoms with Crippen LogP contribution in [0.3, 0.4) is 0 Å². The lowest BCUT2D eigenvalue weighted by Gasteiger charge is -2.10. The second-order valence-corrected chi connectivity index (χ2v) is 2.80. The number of hydrogen-bond donors (Lipinski definition) is 1. The first-order chi connectivity index (χ1) is 5.36. The molecule has 1 aromatic carbocycles. The van der Waals surface area contributed by atoms with Gasteiger partial charge in [0.1, 0.15) is 0 Å². The minimum absolute atomic E-state index is 0.853. The van der Waals surface area contributed by atoms with Crippen LogP contribution in [0.25, 0.3) is 0 Å². The topological polar surface area (TPSA) is 24.4 Å². The number of benzene rings is 1. The van der Waals surface area contributed by atoms with Crippen LogP contribution in [0.2, 0.25) is 0 Å². The number of rotatable bonds is 0. The summed E-state index contributed by atoms with van der Waals surface area (Å²) in [5.41, 5.74) is 6.78. The zero-order valence-electron chi connectivity index (χ0n) is 6.46. The molecule has 0 saturated carbocycles. The Balaban J connectivity index is 2.54. The molecule has 1 aliphatic rings. The third-order valence-electron chi connectivity index (χ3n) is 1.87. The van der Waals surface area contributed by atoms with Gasteiger partial charge in [0.2, 0.25) is 0 Å². The lowest BCUT2D eigenvalue weighted by Crippen LogP contribution is -2.13. The van der Waals surface area contributed by atoms with Gasteiger partial charge in [0, 0.05) is 0 Å². The van der Waals surface area contributed by atoms with E-state index in [0.717, 1.165) is 6.54 Å². The second-order valence-electron chi connectivity index (χ2n) is 2.80. The summed E-state index contributed by atoms with van der Waals surface area (Å²) in [6.07, 6.45) is 1.87. The van der Waals surface area contributed by atoms with E-state index >= 15 is 0 Å². The van der Waals surface area contributed by atoms with Gasteiger partial charge in [-0.2, -0.15) is 5.10 Å². The molecule has 0 fully saturated rings. The lowest BCUT2D eigenvalue weighted by atomic mass is 10.0. The maximum absolute atomic E-state index is 3.98. The molecule has 0 radical (unpaired) electrons. The molecule has 0 bridgehead atoms. The molecule has 0 atom stereocenters. The average molecular weight is 146 g/mol. The Bertz CT molecular complexity index is 302. The van der Waals surface area contributed by atoms with Gasteiger partial charge in [-0.25, -0.2) is 0 Å². The van der Waals surface area contributed by atoms with Crippen molar-refractivity contribution in [3.8, 4) is 0 Å². The summed E-state index contributed by atoms with van der Waals surface area (Å²) in [4.78, 5) is 0. The summed E-state index contributed by atoms with van der Waals surface area (Å²) in [5.74, 6) is 0. The molecule has 0 aliphatic carbocycles. The van der Waals surface area contributed by atoms with Gasteiger partial charge in [-0.15, -0.1) is 0 Å². The first-order valence-electron chi connectivity index (χ1n) is 3.72. The van der Waals surface area contributed by atoms with Crippen LogP contribution in [0.4, 0.5) is 0 Å². The van der Waals surface area contributed by atoms with Gasteiger partial charge < -0.3 is 5.43 Å². The molecule has 1 N–H and O–H groups in total. The van der Waals surface area contributed by atoms with E-state index in [-0.39, 0.29) is 0 Å². The monoisotopic (exact) mass is 146 g/mol. The van der Waals surface area contributed by atoms with Crippen LogP contribution in [0, 0.1) is 6.92 Å². The van der Waals surface area contributed by atoms with Crippen molar-refractivity contribution < 1.29 is 0 Å². The molecule has 2 rings (SSSR count). The third kappa shape index (κ3) is 1.11. The molecule has 1 heterocycles. The Morgan fingerprint density at radius 2 is 2.36 bits per heavy atom. The van der Waals surface area contributed by atoms with E-state index in [1.165, 1.54) is 16.7 Å². The lowest BCUT2D eigenvalue weighted by molar-refractivity contribution is 0.734. The third-order valence-corrected chi connectivity index (χ3v) is 1.87. The van der Waals surface area contributed by atoms with Gasteiger partial charge in [0.15, 0.2) is 0 Å². The van der Waals surface area contributed by atoms with E-state index in [9.17, 15) is 0 Å². The Kier molecular flexibility index (Phi) is 1.39. The number of nitrogens with one attached hydrogen (secondary N) is 1. The van der Waals surface area contributed by atoms with E-state index in [0.29, 0.717) is 0 Å². The number of hydrogen-bond acceptors (Lipinski definition) is 2. The van der Waals surface area contributed by atoms with E-state index in [1.807, 2.05) is 6.21 Å². The molecule has 2 heteroatoms. The van der Waals surface area contributed by atoms with Crippen LogP contribution in [-0.4, -0.2) is 6.21 Å². The smallest absolute Gasteiger partial charge is 0.0586 e. The molecule has 56 valence electrons. The fraction of sp³-hybridized carbons (Fsp3) is 0.222. The van der Waals surface area contributed by atoms with Gasteiger partial charge in [-0.3, -0.25) is 0 Å². The summed E-state index contributed by atoms with van der Waals surface area (Å²) in [6, 6.07) is 6.42. The fourth-order valence-corrected chi connectivity index (χ4v) is 1.24. The Hall–Kier alpha value is -1.31. The van der Waals surface area contributed by atoms with Gasteiger partial charge in [0.25, 0.3) is 0 Å². The SMILES string of the molecule is Cc1ccc2c(c1)C=NNC2. The Labute approximate surface area is 65.9 Å². The van der Waals surface area contributed by atoms with Gasteiger partial charge in [-0.1, -0.05) is 23.8 Å². The van der Waals surface area contributed by atoms with Crippen molar-refractivity contribution in [2.45, 2.75) is 13.5 Å². The van der Waals surface area contributed by atoms with Crippen LogP contribution in [-0.2, 0) is 6.54 Å². The van der Waals surface area contributed by atoms with E-state index in [2.05, 4.69) is 35.7 Å². The fourth-order valence-electron chi connectivity index (χ4n) is 1.24. The van der Waals surface area contributed by atoms with E-state index < -0.39 is 0 Å². The molecule has 0 saturated heterocycles. The summed E-state index contributed by atoms with van der Waals surface area (Å²) < 4.78 is 0. The van der Waals surface area contributed by atoms with Crippen molar-refractivity contribution in [1.29, 1.82) is 0 Å². The van der Waals surface area contributed by atoms with Crippen LogP contribution >= 0.6 is 0 Å². The molecule has 1 aliphatic heterocycles. The zero-order valence-corrected chi connectivity index (χ0v) is 6.46. The first kappa shape index (κ1) is 6.40. The van der Waals surface area contributed by atoms with Gasteiger partial charge >= 0.3 is 0 Å². The Morgan fingerprint density at radius 1 is 1.45 bits per heavy atom. The molecule has 0 aromatic heterocycles. The minimum atomic E-state index is 0.853. The highest BCUT2D eigenvalue weighted by Gasteiger charge is 2.02. The molecule has 1 aromatic rings. The summed E-state index contributed by atoms with van der Waals surface area (Å²) in [7, 11) is 0. The van der Waals surface area contributed by atoms with Crippen LogP contribution < -0.4 is 5.43 Å². The maximum Gasteiger partial charge on any atom is 0.0586 e. The van der Waals surface area contributed by atoms with Crippen molar-refractivity contribution in [2.24, 2.45) is 5.10 Å². The van der Waals surface area contributed by atoms with E-state index in [1.54, 1.807) is 0 Å². The van der Waals surface area contributed by atoms with Gasteiger partial charge in [-0.05, 0) is 18.1 Å².